The van der Waals surface area contributed by atoms with Crippen LogP contribution in [0.25, 0.3) is 5.65 Å². The minimum Gasteiger partial charge on any atom is -0.315 e. The van der Waals surface area contributed by atoms with Crippen molar-refractivity contribution in [2.45, 2.75) is 32.4 Å². The maximum Gasteiger partial charge on any atom is 0.137 e. The van der Waals surface area contributed by atoms with Crippen molar-refractivity contribution in [2.75, 3.05) is 19.6 Å². The van der Waals surface area contributed by atoms with Gasteiger partial charge in [-0.3, -0.25) is 4.90 Å². The molecule has 4 heteroatoms. The minimum absolute atomic E-state index is 0.697. The second-order valence-electron chi connectivity index (χ2n) is 6.26. The van der Waals surface area contributed by atoms with Crippen molar-refractivity contribution in [3.63, 3.8) is 0 Å². The van der Waals surface area contributed by atoms with Gasteiger partial charge in [-0.15, -0.1) is 0 Å². The molecule has 2 aromatic heterocycles. The first-order valence-electron chi connectivity index (χ1n) is 7.68. The summed E-state index contributed by atoms with van der Waals surface area (Å²) in [6, 6.07) is 6.94. The van der Waals surface area contributed by atoms with Crippen LogP contribution in [-0.4, -0.2) is 40.0 Å². The molecular formula is C16H22N4. The summed E-state index contributed by atoms with van der Waals surface area (Å²) in [5.41, 5.74) is 3.59. The molecule has 0 radical (unpaired) electrons. The van der Waals surface area contributed by atoms with Crippen LogP contribution in [0.2, 0.25) is 0 Å². The first-order valence-corrected chi connectivity index (χ1v) is 7.68. The molecule has 4 nitrogen and oxygen atoms in total. The Morgan fingerprint density at radius 1 is 1.30 bits per heavy atom. The van der Waals surface area contributed by atoms with Crippen molar-refractivity contribution >= 4 is 5.65 Å². The van der Waals surface area contributed by atoms with E-state index in [2.05, 4.69) is 50.9 Å². The van der Waals surface area contributed by atoms with Crippen LogP contribution in [0, 0.1) is 12.8 Å². The van der Waals surface area contributed by atoms with Crippen molar-refractivity contribution in [1.29, 1.82) is 0 Å². The summed E-state index contributed by atoms with van der Waals surface area (Å²) in [5, 5.41) is 3.61. The smallest absolute Gasteiger partial charge is 0.137 e. The number of hydrogen-bond acceptors (Lipinski definition) is 3. The number of hydrogen-bond donors (Lipinski definition) is 1. The van der Waals surface area contributed by atoms with E-state index in [0.29, 0.717) is 6.04 Å². The third kappa shape index (κ3) is 2.03. The van der Waals surface area contributed by atoms with E-state index in [1.165, 1.54) is 37.3 Å². The van der Waals surface area contributed by atoms with E-state index < -0.39 is 0 Å². The van der Waals surface area contributed by atoms with E-state index in [1.807, 2.05) is 0 Å². The zero-order chi connectivity index (χ0) is 13.5. The largest absolute Gasteiger partial charge is 0.315 e. The molecule has 106 valence electrons. The van der Waals surface area contributed by atoms with Crippen LogP contribution in [0.4, 0.5) is 0 Å². The van der Waals surface area contributed by atoms with E-state index in [1.54, 1.807) is 0 Å². The van der Waals surface area contributed by atoms with Gasteiger partial charge in [-0.1, -0.05) is 6.07 Å². The Balaban J connectivity index is 1.65. The molecule has 0 aromatic carbocycles. The maximum atomic E-state index is 4.68. The van der Waals surface area contributed by atoms with Gasteiger partial charge in [0.05, 0.1) is 11.4 Å². The summed E-state index contributed by atoms with van der Waals surface area (Å²) in [7, 11) is 0. The summed E-state index contributed by atoms with van der Waals surface area (Å²) in [5.74, 6) is 0.827. The van der Waals surface area contributed by atoms with Gasteiger partial charge < -0.3 is 9.72 Å². The third-order valence-electron chi connectivity index (χ3n) is 4.91. The number of nitrogens with zero attached hydrogens (tertiary/aromatic N) is 3. The highest BCUT2D eigenvalue weighted by Crippen LogP contribution is 2.26. The molecule has 1 N–H and O–H groups in total. The molecule has 2 aromatic rings. The van der Waals surface area contributed by atoms with Crippen LogP contribution in [0.15, 0.2) is 24.4 Å². The molecule has 3 fully saturated rings. The van der Waals surface area contributed by atoms with Crippen molar-refractivity contribution in [3.8, 4) is 0 Å². The summed E-state index contributed by atoms with van der Waals surface area (Å²) in [6.45, 7) is 6.74. The molecule has 0 aliphatic carbocycles. The number of pyridine rings is 1. The first kappa shape index (κ1) is 12.4. The summed E-state index contributed by atoms with van der Waals surface area (Å²) in [6.07, 6.45) is 4.87. The molecule has 0 unspecified atom stereocenters. The molecule has 2 atom stereocenters. The zero-order valence-electron chi connectivity index (χ0n) is 12.0. The Kier molecular flexibility index (Phi) is 3.00. The van der Waals surface area contributed by atoms with Gasteiger partial charge in [0.15, 0.2) is 0 Å². The zero-order valence-corrected chi connectivity index (χ0v) is 12.0. The predicted octanol–water partition coefficient (Wildman–Crippen LogP) is 1.83. The number of fused-ring (bicyclic) bond motifs is 5. The second kappa shape index (κ2) is 4.86. The first-order chi connectivity index (χ1) is 9.81. The van der Waals surface area contributed by atoms with Crippen LogP contribution in [0.5, 0.6) is 0 Å². The van der Waals surface area contributed by atoms with Gasteiger partial charge in [-0.25, -0.2) is 4.98 Å². The van der Waals surface area contributed by atoms with Crippen molar-refractivity contribution < 1.29 is 0 Å². The van der Waals surface area contributed by atoms with Crippen LogP contribution < -0.4 is 5.32 Å². The van der Waals surface area contributed by atoms with Crippen molar-refractivity contribution in [2.24, 2.45) is 5.92 Å². The standard InChI is InChI=1S/C16H22N4/c1-12-15(20-7-3-2-4-16(20)18-12)11-19-10-13-5-6-14(19)9-17-8-13/h2-4,7,13-14,17H,5-6,8-11H2,1H3/t13-,14+/m0/s1. The van der Waals surface area contributed by atoms with E-state index in [-0.39, 0.29) is 0 Å². The number of aromatic nitrogens is 2. The monoisotopic (exact) mass is 270 g/mol. The number of piperidine rings is 1. The Bertz CT molecular complexity index is 614. The highest BCUT2D eigenvalue weighted by atomic mass is 15.2. The van der Waals surface area contributed by atoms with Gasteiger partial charge in [0, 0.05) is 31.9 Å². The van der Waals surface area contributed by atoms with Crippen LogP contribution in [0.3, 0.4) is 0 Å². The maximum absolute atomic E-state index is 4.68. The third-order valence-corrected chi connectivity index (χ3v) is 4.91. The van der Waals surface area contributed by atoms with Crippen LogP contribution in [-0.2, 0) is 6.54 Å². The summed E-state index contributed by atoms with van der Waals surface area (Å²) in [4.78, 5) is 7.35. The average Bonchev–Trinajstić information content (AvgIpc) is 2.65. The molecular weight excluding hydrogens is 248 g/mol. The van der Waals surface area contributed by atoms with Gasteiger partial charge in [-0.05, 0) is 44.4 Å². The Morgan fingerprint density at radius 2 is 2.25 bits per heavy atom. The average molecular weight is 270 g/mol. The van der Waals surface area contributed by atoms with Gasteiger partial charge in [-0.2, -0.15) is 0 Å². The molecule has 3 aliphatic heterocycles. The second-order valence-corrected chi connectivity index (χ2v) is 6.26. The van der Waals surface area contributed by atoms with E-state index >= 15 is 0 Å². The Morgan fingerprint density at radius 3 is 3.20 bits per heavy atom. The molecule has 0 spiro atoms. The van der Waals surface area contributed by atoms with Crippen molar-refractivity contribution in [3.05, 3.63) is 35.8 Å². The van der Waals surface area contributed by atoms with Gasteiger partial charge >= 0.3 is 0 Å². The molecule has 2 bridgehead atoms. The topological polar surface area (TPSA) is 32.6 Å². The Labute approximate surface area is 119 Å². The van der Waals surface area contributed by atoms with E-state index in [9.17, 15) is 0 Å². The molecule has 0 saturated carbocycles. The molecule has 5 rings (SSSR count). The molecule has 3 saturated heterocycles. The fourth-order valence-electron chi connectivity index (χ4n) is 3.78. The lowest BCUT2D eigenvalue weighted by Crippen LogP contribution is -2.43. The summed E-state index contributed by atoms with van der Waals surface area (Å²) >= 11 is 0. The molecule has 3 aliphatic rings. The lowest BCUT2D eigenvalue weighted by molar-refractivity contribution is 0.124. The number of rotatable bonds is 2. The van der Waals surface area contributed by atoms with Gasteiger partial charge in [0.25, 0.3) is 0 Å². The summed E-state index contributed by atoms with van der Waals surface area (Å²) < 4.78 is 2.25. The molecule has 5 heterocycles. The molecule has 0 amide bonds. The fourth-order valence-corrected chi connectivity index (χ4v) is 3.78. The van der Waals surface area contributed by atoms with Crippen LogP contribution >= 0.6 is 0 Å². The van der Waals surface area contributed by atoms with Crippen molar-refractivity contribution in [1.82, 2.24) is 19.6 Å². The molecule has 20 heavy (non-hydrogen) atoms. The predicted molar refractivity (Wildman–Crippen MR) is 79.7 cm³/mol. The number of nitrogens with one attached hydrogen (secondary N) is 1. The Hall–Kier alpha value is -1.39. The number of imidazole rings is 1. The lowest BCUT2D eigenvalue weighted by Gasteiger charge is -2.36. The normalized spacial score (nSPS) is 27.1. The van der Waals surface area contributed by atoms with E-state index in [4.69, 9.17) is 0 Å². The fraction of sp³-hybridized carbons (Fsp3) is 0.562. The SMILES string of the molecule is Cc1nc2ccccn2c1CN1C[C@H]2CC[C@@H]1CNC2. The lowest BCUT2D eigenvalue weighted by atomic mass is 9.95. The van der Waals surface area contributed by atoms with E-state index in [0.717, 1.165) is 24.7 Å². The van der Waals surface area contributed by atoms with Crippen LogP contribution in [0.1, 0.15) is 24.2 Å². The highest BCUT2D eigenvalue weighted by Gasteiger charge is 2.31. The van der Waals surface area contributed by atoms with Gasteiger partial charge in [0.2, 0.25) is 0 Å². The minimum atomic E-state index is 0.697. The number of aryl methyl sites for hydroxylation is 1. The highest BCUT2D eigenvalue weighted by molar-refractivity contribution is 5.42. The quantitative estimate of drug-likeness (QED) is 0.903. The van der Waals surface area contributed by atoms with Gasteiger partial charge in [0.1, 0.15) is 5.65 Å².